The Kier molecular flexibility index (Phi) is 4.68. The van der Waals surface area contributed by atoms with Crippen molar-refractivity contribution < 1.29 is 4.79 Å². The maximum atomic E-state index is 11.8. The van der Waals surface area contributed by atoms with Crippen LogP contribution in [-0.4, -0.2) is 15.9 Å². The zero-order valence-electron chi connectivity index (χ0n) is 9.19. The second-order valence-electron chi connectivity index (χ2n) is 3.42. The summed E-state index contributed by atoms with van der Waals surface area (Å²) in [5, 5.41) is 5.32. The van der Waals surface area contributed by atoms with Crippen LogP contribution in [0.5, 0.6) is 0 Å². The van der Waals surface area contributed by atoms with Gasteiger partial charge in [0, 0.05) is 11.6 Å². The van der Waals surface area contributed by atoms with Crippen molar-refractivity contribution >= 4 is 50.6 Å². The van der Waals surface area contributed by atoms with Gasteiger partial charge in [0.15, 0.2) is 0 Å². The maximum Gasteiger partial charge on any atom is 0.232 e. The van der Waals surface area contributed by atoms with Crippen LogP contribution in [0.2, 0.25) is 0 Å². The van der Waals surface area contributed by atoms with Gasteiger partial charge in [-0.05, 0) is 28.1 Å². The van der Waals surface area contributed by atoms with E-state index in [2.05, 4.69) is 31.2 Å². The lowest BCUT2D eigenvalue weighted by Crippen LogP contribution is -2.15. The third kappa shape index (κ3) is 3.51. The molecule has 0 aromatic carbocycles. The molecular weight excluding hydrogens is 338 g/mol. The standard InChI is InChI=1S/C11H9BrClN3OS/c12-8-2-1-3-14-11(8)16-9(17)4-10-15-7(5-13)6-18-10/h1-3,6H,4-5H2,(H,14,16,17). The number of hydrogen-bond acceptors (Lipinski definition) is 4. The molecule has 2 aromatic rings. The molecule has 2 aromatic heterocycles. The zero-order valence-corrected chi connectivity index (χ0v) is 12.3. The smallest absolute Gasteiger partial charge is 0.232 e. The summed E-state index contributed by atoms with van der Waals surface area (Å²) in [5.74, 6) is 0.727. The van der Waals surface area contributed by atoms with Gasteiger partial charge in [-0.2, -0.15) is 0 Å². The molecule has 0 aliphatic rings. The Morgan fingerprint density at radius 3 is 3.06 bits per heavy atom. The van der Waals surface area contributed by atoms with Gasteiger partial charge in [-0.25, -0.2) is 9.97 Å². The van der Waals surface area contributed by atoms with Crippen molar-refractivity contribution in [2.75, 3.05) is 5.32 Å². The number of carbonyl (C=O) groups excluding carboxylic acids is 1. The van der Waals surface area contributed by atoms with Gasteiger partial charge in [0.1, 0.15) is 10.8 Å². The third-order valence-corrected chi connectivity index (χ3v) is 3.88. The predicted octanol–water partition coefficient (Wildman–Crippen LogP) is 3.22. The van der Waals surface area contributed by atoms with Crippen molar-refractivity contribution in [3.8, 4) is 0 Å². The molecule has 0 spiro atoms. The SMILES string of the molecule is O=C(Cc1nc(CCl)cs1)Nc1ncccc1Br. The highest BCUT2D eigenvalue weighted by molar-refractivity contribution is 9.10. The molecule has 94 valence electrons. The molecule has 0 aliphatic heterocycles. The van der Waals surface area contributed by atoms with Crippen LogP contribution in [0.4, 0.5) is 5.82 Å². The average molecular weight is 347 g/mol. The van der Waals surface area contributed by atoms with E-state index in [1.54, 1.807) is 12.3 Å². The monoisotopic (exact) mass is 345 g/mol. The first-order valence-electron chi connectivity index (χ1n) is 5.08. The summed E-state index contributed by atoms with van der Waals surface area (Å²) in [7, 11) is 0. The topological polar surface area (TPSA) is 54.9 Å². The minimum atomic E-state index is -0.148. The van der Waals surface area contributed by atoms with E-state index in [0.29, 0.717) is 11.7 Å². The summed E-state index contributed by atoms with van der Waals surface area (Å²) in [5.41, 5.74) is 0.795. The van der Waals surface area contributed by atoms with Crippen LogP contribution in [0, 0.1) is 0 Å². The van der Waals surface area contributed by atoms with Gasteiger partial charge in [-0.1, -0.05) is 0 Å². The van der Waals surface area contributed by atoms with Crippen LogP contribution in [0.15, 0.2) is 28.2 Å². The first-order valence-corrected chi connectivity index (χ1v) is 7.29. The van der Waals surface area contributed by atoms with Gasteiger partial charge in [-0.15, -0.1) is 22.9 Å². The number of pyridine rings is 1. The summed E-state index contributed by atoms with van der Waals surface area (Å²) < 4.78 is 0.749. The Morgan fingerprint density at radius 2 is 2.39 bits per heavy atom. The van der Waals surface area contributed by atoms with Crippen molar-refractivity contribution in [3.63, 3.8) is 0 Å². The van der Waals surface area contributed by atoms with Crippen LogP contribution < -0.4 is 5.32 Å². The van der Waals surface area contributed by atoms with E-state index in [9.17, 15) is 4.79 Å². The highest BCUT2D eigenvalue weighted by atomic mass is 79.9. The van der Waals surface area contributed by atoms with E-state index in [0.717, 1.165) is 15.2 Å². The largest absolute Gasteiger partial charge is 0.309 e. The number of thiazole rings is 1. The third-order valence-electron chi connectivity index (χ3n) is 2.06. The van der Waals surface area contributed by atoms with Gasteiger partial charge < -0.3 is 5.32 Å². The Morgan fingerprint density at radius 1 is 1.56 bits per heavy atom. The highest BCUT2D eigenvalue weighted by Crippen LogP contribution is 2.19. The summed E-state index contributed by atoms with van der Waals surface area (Å²) in [6.45, 7) is 0. The van der Waals surface area contributed by atoms with Gasteiger partial charge in [-0.3, -0.25) is 4.79 Å². The van der Waals surface area contributed by atoms with Crippen LogP contribution >= 0.6 is 38.9 Å². The molecule has 1 amide bonds. The fourth-order valence-electron chi connectivity index (χ4n) is 1.28. The van der Waals surface area contributed by atoms with E-state index in [4.69, 9.17) is 11.6 Å². The van der Waals surface area contributed by atoms with Crippen molar-refractivity contribution in [1.82, 2.24) is 9.97 Å². The fraction of sp³-hybridized carbons (Fsp3) is 0.182. The first-order chi connectivity index (χ1) is 8.69. The van der Waals surface area contributed by atoms with E-state index < -0.39 is 0 Å². The molecule has 18 heavy (non-hydrogen) atoms. The van der Waals surface area contributed by atoms with Crippen LogP contribution in [0.25, 0.3) is 0 Å². The molecule has 7 heteroatoms. The Labute approximate surface area is 122 Å². The molecule has 1 N–H and O–H groups in total. The molecule has 0 unspecified atom stereocenters. The number of aromatic nitrogens is 2. The Balaban J connectivity index is 1.99. The quantitative estimate of drug-likeness (QED) is 0.865. The van der Waals surface area contributed by atoms with E-state index in [1.165, 1.54) is 11.3 Å². The summed E-state index contributed by atoms with van der Waals surface area (Å²) in [4.78, 5) is 20.1. The number of nitrogens with zero attached hydrogens (tertiary/aromatic N) is 2. The highest BCUT2D eigenvalue weighted by Gasteiger charge is 2.10. The molecule has 2 heterocycles. The summed E-state index contributed by atoms with van der Waals surface area (Å²) in [6, 6.07) is 3.60. The van der Waals surface area contributed by atoms with Gasteiger partial charge in [0.25, 0.3) is 0 Å². The molecule has 0 radical (unpaired) electrons. The number of nitrogens with one attached hydrogen (secondary N) is 1. The lowest BCUT2D eigenvalue weighted by atomic mass is 10.4. The summed E-state index contributed by atoms with van der Waals surface area (Å²) >= 11 is 10.4. The molecule has 0 atom stereocenters. The Bertz CT molecular complexity index is 561. The van der Waals surface area contributed by atoms with Crippen molar-refractivity contribution in [2.24, 2.45) is 0 Å². The lowest BCUT2D eigenvalue weighted by Gasteiger charge is -2.04. The van der Waals surface area contributed by atoms with Gasteiger partial charge in [0.05, 0.1) is 22.5 Å². The molecule has 0 saturated heterocycles. The van der Waals surface area contributed by atoms with E-state index in [-0.39, 0.29) is 12.3 Å². The van der Waals surface area contributed by atoms with Crippen LogP contribution in [0.3, 0.4) is 0 Å². The molecule has 4 nitrogen and oxygen atoms in total. The van der Waals surface area contributed by atoms with Crippen molar-refractivity contribution in [3.05, 3.63) is 38.9 Å². The minimum Gasteiger partial charge on any atom is -0.309 e. The van der Waals surface area contributed by atoms with Gasteiger partial charge >= 0.3 is 0 Å². The number of hydrogen-bond donors (Lipinski definition) is 1. The van der Waals surface area contributed by atoms with E-state index >= 15 is 0 Å². The number of halogens is 2. The summed E-state index contributed by atoms with van der Waals surface area (Å²) in [6.07, 6.45) is 1.85. The number of alkyl halides is 1. The number of carbonyl (C=O) groups is 1. The zero-order chi connectivity index (χ0) is 13.0. The minimum absolute atomic E-state index is 0.148. The normalized spacial score (nSPS) is 10.3. The number of amides is 1. The number of anilines is 1. The average Bonchev–Trinajstić information content (AvgIpc) is 2.80. The molecule has 0 bridgehead atoms. The lowest BCUT2D eigenvalue weighted by molar-refractivity contribution is -0.115. The molecule has 0 aliphatic carbocycles. The van der Waals surface area contributed by atoms with Crippen LogP contribution in [-0.2, 0) is 17.1 Å². The second kappa shape index (κ2) is 6.26. The molecule has 0 saturated carbocycles. The Hall–Kier alpha value is -0.980. The van der Waals surface area contributed by atoms with Crippen molar-refractivity contribution in [1.29, 1.82) is 0 Å². The fourth-order valence-corrected chi connectivity index (χ4v) is 2.66. The predicted molar refractivity (Wildman–Crippen MR) is 75.9 cm³/mol. The van der Waals surface area contributed by atoms with Crippen LogP contribution in [0.1, 0.15) is 10.7 Å². The van der Waals surface area contributed by atoms with Crippen molar-refractivity contribution in [2.45, 2.75) is 12.3 Å². The number of rotatable bonds is 4. The maximum absolute atomic E-state index is 11.8. The molecular formula is C11H9BrClN3OS. The molecule has 2 rings (SSSR count). The second-order valence-corrected chi connectivity index (χ2v) is 5.49. The first kappa shape index (κ1) is 13.5. The van der Waals surface area contributed by atoms with Gasteiger partial charge in [0.2, 0.25) is 5.91 Å². The molecule has 0 fully saturated rings. The van der Waals surface area contributed by atoms with E-state index in [1.807, 2.05) is 11.4 Å².